The van der Waals surface area contributed by atoms with Gasteiger partial charge in [-0.05, 0) is 111 Å². The van der Waals surface area contributed by atoms with E-state index in [4.69, 9.17) is 9.47 Å². The van der Waals surface area contributed by atoms with Crippen molar-refractivity contribution in [3.05, 3.63) is 76.2 Å². The summed E-state index contributed by atoms with van der Waals surface area (Å²) in [5, 5.41) is 19.2. The first-order valence-corrected chi connectivity index (χ1v) is 13.1. The molecule has 1 heterocycles. The molecule has 2 aromatic carbocycles. The van der Waals surface area contributed by atoms with Gasteiger partial charge < -0.3 is 19.7 Å². The molecule has 1 saturated carbocycles. The number of carbonyl (C=O) groups is 1. The van der Waals surface area contributed by atoms with Gasteiger partial charge in [0.25, 0.3) is 0 Å². The largest absolute Gasteiger partial charge is 0.494 e. The van der Waals surface area contributed by atoms with Crippen molar-refractivity contribution in [2.24, 2.45) is 11.8 Å². The molecule has 5 rings (SSSR count). The maximum absolute atomic E-state index is 14.7. The number of nitrogens with zero attached hydrogens (tertiary/aromatic N) is 1. The molecular formula is C31H34FNO5. The molecule has 200 valence electrons. The molecule has 0 amide bonds. The van der Waals surface area contributed by atoms with E-state index in [0.717, 1.165) is 52.0 Å². The highest BCUT2D eigenvalue weighted by atomic mass is 19.1. The van der Waals surface area contributed by atoms with E-state index in [1.54, 1.807) is 26.1 Å². The minimum absolute atomic E-state index is 0.0383. The number of ether oxygens (including phenoxy) is 2. The maximum Gasteiger partial charge on any atom is 0.307 e. The molecule has 0 aliphatic heterocycles. The average Bonchev–Trinajstić information content (AvgIpc) is 3.43. The van der Waals surface area contributed by atoms with E-state index in [2.05, 4.69) is 4.98 Å². The zero-order chi connectivity index (χ0) is 27.2. The summed E-state index contributed by atoms with van der Waals surface area (Å²) in [5.41, 5.74) is 5.78. The lowest BCUT2D eigenvalue weighted by molar-refractivity contribution is -0.139. The predicted molar refractivity (Wildman–Crippen MR) is 142 cm³/mol. The standard InChI is InChI=1S/C31H34FNO5/c1-17-10-22(37-9-5-8-31(3,4)36)11-18(2)27(17)19-6-7-25(32)21(12-19)16-38-26-14-20-13-23-28(24(20)15-33-26)29(23)30(34)35/h6-7,10-12,14-15,23,28-29,36H,5,8-9,13,16H2,1-4H3,(H,34,35)/t23-,28-,29+/m1/s1. The van der Waals surface area contributed by atoms with Gasteiger partial charge in [0.15, 0.2) is 0 Å². The zero-order valence-corrected chi connectivity index (χ0v) is 22.3. The summed E-state index contributed by atoms with van der Waals surface area (Å²) in [4.78, 5) is 15.7. The molecule has 1 fully saturated rings. The van der Waals surface area contributed by atoms with Gasteiger partial charge in [0.2, 0.25) is 5.88 Å². The second kappa shape index (κ2) is 10.0. The molecule has 0 radical (unpaired) electrons. The summed E-state index contributed by atoms with van der Waals surface area (Å²) >= 11 is 0. The number of halogens is 1. The molecule has 3 aromatic rings. The fourth-order valence-corrected chi connectivity index (χ4v) is 5.83. The fraction of sp³-hybridized carbons (Fsp3) is 0.419. The molecule has 2 N–H and O–H groups in total. The van der Waals surface area contributed by atoms with Crippen molar-refractivity contribution in [2.75, 3.05) is 6.61 Å². The van der Waals surface area contributed by atoms with Crippen LogP contribution in [0.25, 0.3) is 11.1 Å². The summed E-state index contributed by atoms with van der Waals surface area (Å²) in [6, 6.07) is 10.9. The van der Waals surface area contributed by atoms with Crippen LogP contribution in [0.3, 0.4) is 0 Å². The Labute approximate surface area is 222 Å². The van der Waals surface area contributed by atoms with Crippen molar-refractivity contribution in [3.8, 4) is 22.8 Å². The van der Waals surface area contributed by atoms with Crippen molar-refractivity contribution in [1.82, 2.24) is 4.98 Å². The van der Waals surface area contributed by atoms with Crippen LogP contribution in [0.15, 0.2) is 42.6 Å². The molecule has 2 aliphatic carbocycles. The van der Waals surface area contributed by atoms with Gasteiger partial charge >= 0.3 is 5.97 Å². The number of rotatable bonds is 10. The Morgan fingerprint density at radius 1 is 1.13 bits per heavy atom. The van der Waals surface area contributed by atoms with Crippen LogP contribution in [0.2, 0.25) is 0 Å². The Morgan fingerprint density at radius 3 is 2.55 bits per heavy atom. The average molecular weight is 520 g/mol. The normalized spacial score (nSPS) is 19.6. The number of hydrogen-bond donors (Lipinski definition) is 2. The molecule has 2 aliphatic rings. The van der Waals surface area contributed by atoms with Crippen LogP contribution in [0, 0.1) is 31.5 Å². The molecule has 0 saturated heterocycles. The molecule has 38 heavy (non-hydrogen) atoms. The maximum atomic E-state index is 14.7. The highest BCUT2D eigenvalue weighted by molar-refractivity contribution is 5.77. The van der Waals surface area contributed by atoms with E-state index in [9.17, 15) is 19.4 Å². The molecule has 0 spiro atoms. The number of fused-ring (bicyclic) bond motifs is 3. The number of aryl methyl sites for hydroxylation is 2. The SMILES string of the molecule is Cc1cc(OCCCC(C)(C)O)cc(C)c1-c1ccc(F)c(COc2cc3c(cn2)[C@H]2[C@@H](C3)[C@@H]2C(=O)O)c1. The van der Waals surface area contributed by atoms with Crippen LogP contribution in [0.5, 0.6) is 11.6 Å². The van der Waals surface area contributed by atoms with E-state index >= 15 is 0 Å². The van der Waals surface area contributed by atoms with Crippen molar-refractivity contribution in [3.63, 3.8) is 0 Å². The lowest BCUT2D eigenvalue weighted by Gasteiger charge is -2.18. The third-order valence-corrected chi connectivity index (χ3v) is 7.69. The topological polar surface area (TPSA) is 88.9 Å². The highest BCUT2D eigenvalue weighted by Gasteiger charge is 2.59. The summed E-state index contributed by atoms with van der Waals surface area (Å²) in [6.07, 6.45) is 3.86. The van der Waals surface area contributed by atoms with Crippen LogP contribution in [-0.2, 0) is 17.8 Å². The lowest BCUT2D eigenvalue weighted by atomic mass is 9.94. The first-order chi connectivity index (χ1) is 18.0. The number of aromatic nitrogens is 1. The van der Waals surface area contributed by atoms with Crippen molar-refractivity contribution < 1.29 is 28.9 Å². The third-order valence-electron chi connectivity index (χ3n) is 7.69. The molecule has 1 aromatic heterocycles. The second-order valence-electron chi connectivity index (χ2n) is 11.3. The van der Waals surface area contributed by atoms with Crippen LogP contribution < -0.4 is 9.47 Å². The second-order valence-corrected chi connectivity index (χ2v) is 11.3. The fourth-order valence-electron chi connectivity index (χ4n) is 5.83. The Kier molecular flexibility index (Phi) is 6.90. The molecule has 7 heteroatoms. The number of pyridine rings is 1. The van der Waals surface area contributed by atoms with E-state index in [1.807, 2.05) is 38.1 Å². The zero-order valence-electron chi connectivity index (χ0n) is 22.3. The summed E-state index contributed by atoms with van der Waals surface area (Å²) in [7, 11) is 0. The Bertz CT molecular complexity index is 1360. The quantitative estimate of drug-likeness (QED) is 0.320. The summed E-state index contributed by atoms with van der Waals surface area (Å²) in [6.45, 7) is 8.18. The van der Waals surface area contributed by atoms with Crippen LogP contribution >= 0.6 is 0 Å². The van der Waals surface area contributed by atoms with Crippen LogP contribution in [0.4, 0.5) is 4.39 Å². The summed E-state index contributed by atoms with van der Waals surface area (Å²) < 4.78 is 26.5. The number of aliphatic carboxylic acids is 1. The number of aliphatic hydroxyl groups is 1. The monoisotopic (exact) mass is 519 g/mol. The number of carboxylic acid groups (broad SMARTS) is 1. The third kappa shape index (κ3) is 5.39. The van der Waals surface area contributed by atoms with Gasteiger partial charge in [0.1, 0.15) is 18.2 Å². The minimum Gasteiger partial charge on any atom is -0.494 e. The van der Waals surface area contributed by atoms with Crippen molar-refractivity contribution in [2.45, 2.75) is 65.1 Å². The molecule has 3 atom stereocenters. The van der Waals surface area contributed by atoms with Gasteiger partial charge in [-0.25, -0.2) is 9.37 Å². The van der Waals surface area contributed by atoms with Crippen molar-refractivity contribution in [1.29, 1.82) is 0 Å². The first-order valence-electron chi connectivity index (χ1n) is 13.1. The molecule has 6 nitrogen and oxygen atoms in total. The van der Waals surface area contributed by atoms with Gasteiger partial charge in [-0.3, -0.25) is 4.79 Å². The van der Waals surface area contributed by atoms with Gasteiger partial charge in [-0.2, -0.15) is 0 Å². The van der Waals surface area contributed by atoms with Gasteiger partial charge in [-0.15, -0.1) is 0 Å². The van der Waals surface area contributed by atoms with Crippen LogP contribution in [-0.4, -0.2) is 33.4 Å². The van der Waals surface area contributed by atoms with Gasteiger partial charge in [0.05, 0.1) is 18.1 Å². The number of carboxylic acids is 1. The first kappa shape index (κ1) is 26.2. The smallest absolute Gasteiger partial charge is 0.307 e. The lowest BCUT2D eigenvalue weighted by Crippen LogP contribution is -2.19. The Balaban J connectivity index is 1.26. The Morgan fingerprint density at radius 2 is 1.87 bits per heavy atom. The van der Waals surface area contributed by atoms with E-state index in [-0.39, 0.29) is 30.2 Å². The highest BCUT2D eigenvalue weighted by Crippen LogP contribution is 2.61. The van der Waals surface area contributed by atoms with Gasteiger partial charge in [-0.1, -0.05) is 6.07 Å². The van der Waals surface area contributed by atoms with Gasteiger partial charge in [0, 0.05) is 23.7 Å². The Hall–Kier alpha value is -3.45. The predicted octanol–water partition coefficient (Wildman–Crippen LogP) is 5.98. The van der Waals surface area contributed by atoms with E-state index in [0.29, 0.717) is 24.5 Å². The summed E-state index contributed by atoms with van der Waals surface area (Å²) in [5.74, 6) is 0.0388. The van der Waals surface area contributed by atoms with Crippen LogP contribution in [0.1, 0.15) is 60.4 Å². The van der Waals surface area contributed by atoms with E-state index in [1.165, 1.54) is 6.07 Å². The molecule has 0 bridgehead atoms. The number of benzene rings is 2. The number of hydrogen-bond acceptors (Lipinski definition) is 5. The van der Waals surface area contributed by atoms with Crippen molar-refractivity contribution >= 4 is 5.97 Å². The molecular weight excluding hydrogens is 485 g/mol. The van der Waals surface area contributed by atoms with E-state index < -0.39 is 11.6 Å². The minimum atomic E-state index is -0.740. The molecule has 0 unspecified atom stereocenters.